The largest absolute Gasteiger partial charge is 0.359 e. The summed E-state index contributed by atoms with van der Waals surface area (Å²) in [5.41, 5.74) is 1.67. The molecule has 3 heterocycles. The van der Waals surface area contributed by atoms with E-state index >= 15 is 0 Å². The predicted molar refractivity (Wildman–Crippen MR) is 91.1 cm³/mol. The first-order valence-corrected chi connectivity index (χ1v) is 10.2. The van der Waals surface area contributed by atoms with Gasteiger partial charge < -0.3 is 4.52 Å². The number of sulfone groups is 1. The Kier molecular flexibility index (Phi) is 5.05. The van der Waals surface area contributed by atoms with Crippen LogP contribution in [-0.2, 0) is 23.4 Å². The Morgan fingerprint density at radius 2 is 2.29 bits per heavy atom. The van der Waals surface area contributed by atoms with Crippen molar-refractivity contribution < 1.29 is 12.9 Å². The Bertz CT molecular complexity index is 781. The highest BCUT2D eigenvalue weighted by molar-refractivity contribution is 7.91. The molecule has 2 aromatic rings. The summed E-state index contributed by atoms with van der Waals surface area (Å²) < 4.78 is 30.8. The molecule has 2 aromatic heterocycles. The molecule has 1 saturated heterocycles. The summed E-state index contributed by atoms with van der Waals surface area (Å²) in [7, 11) is -1.03. The zero-order valence-electron chi connectivity index (χ0n) is 14.2. The minimum Gasteiger partial charge on any atom is -0.359 e. The van der Waals surface area contributed by atoms with Gasteiger partial charge in [-0.2, -0.15) is 5.10 Å². The van der Waals surface area contributed by atoms with Crippen LogP contribution < -0.4 is 0 Å². The Labute approximate surface area is 142 Å². The van der Waals surface area contributed by atoms with E-state index in [4.69, 9.17) is 4.52 Å². The lowest BCUT2D eigenvalue weighted by molar-refractivity contribution is 0.178. The van der Waals surface area contributed by atoms with Crippen molar-refractivity contribution in [1.29, 1.82) is 0 Å². The third kappa shape index (κ3) is 4.05. The maximum Gasteiger partial charge on any atom is 0.151 e. The summed E-state index contributed by atoms with van der Waals surface area (Å²) in [6.45, 7) is 3.60. The molecule has 1 fully saturated rings. The Morgan fingerprint density at radius 3 is 2.92 bits per heavy atom. The van der Waals surface area contributed by atoms with Gasteiger partial charge in [0.2, 0.25) is 0 Å². The van der Waals surface area contributed by atoms with Crippen LogP contribution in [0.25, 0.3) is 11.3 Å². The van der Waals surface area contributed by atoms with Crippen LogP contribution in [-0.4, -0.2) is 52.3 Å². The van der Waals surface area contributed by atoms with Crippen LogP contribution in [0, 0.1) is 0 Å². The van der Waals surface area contributed by atoms with Crippen LogP contribution in [0.2, 0.25) is 0 Å². The van der Waals surface area contributed by atoms with Crippen molar-refractivity contribution in [1.82, 2.24) is 19.8 Å². The smallest absolute Gasteiger partial charge is 0.151 e. The van der Waals surface area contributed by atoms with E-state index in [1.807, 2.05) is 19.3 Å². The lowest BCUT2D eigenvalue weighted by Crippen LogP contribution is -2.36. The fourth-order valence-electron chi connectivity index (χ4n) is 3.09. The SMILES string of the molecule is CCCCN(Cc1cc(-c2cnn(C)c2)no1)C1CCS(=O)(=O)C1. The van der Waals surface area contributed by atoms with Gasteiger partial charge in [-0.05, 0) is 19.4 Å². The number of aryl methyl sites for hydroxylation is 1. The number of rotatable bonds is 7. The van der Waals surface area contributed by atoms with Crippen LogP contribution in [0.3, 0.4) is 0 Å². The van der Waals surface area contributed by atoms with Gasteiger partial charge in [0.15, 0.2) is 15.6 Å². The molecule has 7 nitrogen and oxygen atoms in total. The van der Waals surface area contributed by atoms with E-state index in [0.717, 1.165) is 36.4 Å². The van der Waals surface area contributed by atoms with Crippen molar-refractivity contribution in [3.05, 3.63) is 24.2 Å². The molecule has 1 aliphatic heterocycles. The molecule has 0 radical (unpaired) electrons. The molecule has 0 aliphatic carbocycles. The molecule has 3 rings (SSSR count). The molecule has 1 aliphatic rings. The average molecular weight is 352 g/mol. The molecule has 8 heteroatoms. The fourth-order valence-corrected chi connectivity index (χ4v) is 4.85. The van der Waals surface area contributed by atoms with Crippen molar-refractivity contribution in [2.24, 2.45) is 7.05 Å². The second-order valence-electron chi connectivity index (χ2n) is 6.46. The molecule has 0 N–H and O–H groups in total. The van der Waals surface area contributed by atoms with Gasteiger partial charge in [-0.1, -0.05) is 18.5 Å². The number of nitrogens with zero attached hydrogens (tertiary/aromatic N) is 4. The highest BCUT2D eigenvalue weighted by Gasteiger charge is 2.32. The molecule has 0 bridgehead atoms. The van der Waals surface area contributed by atoms with Crippen LogP contribution >= 0.6 is 0 Å². The molecule has 0 amide bonds. The van der Waals surface area contributed by atoms with Gasteiger partial charge in [0, 0.05) is 30.9 Å². The first kappa shape index (κ1) is 17.2. The van der Waals surface area contributed by atoms with Gasteiger partial charge in [-0.25, -0.2) is 8.42 Å². The summed E-state index contributed by atoms with van der Waals surface area (Å²) in [6.07, 6.45) is 6.46. The summed E-state index contributed by atoms with van der Waals surface area (Å²) in [4.78, 5) is 2.22. The summed E-state index contributed by atoms with van der Waals surface area (Å²) in [5.74, 6) is 1.30. The van der Waals surface area contributed by atoms with Gasteiger partial charge in [-0.15, -0.1) is 0 Å². The molecular formula is C16H24N4O3S. The third-order valence-electron chi connectivity index (χ3n) is 4.44. The standard InChI is InChI=1S/C16H24N4O3S/c1-3-4-6-20(14-5-7-24(21,22)12-14)11-15-8-16(18-23-15)13-9-17-19(2)10-13/h8-10,14H,3-7,11-12H2,1-2H3. The summed E-state index contributed by atoms with van der Waals surface area (Å²) in [5, 5.41) is 8.26. The van der Waals surface area contributed by atoms with Crippen molar-refractivity contribution in [2.75, 3.05) is 18.1 Å². The summed E-state index contributed by atoms with van der Waals surface area (Å²) >= 11 is 0. The zero-order valence-corrected chi connectivity index (χ0v) is 15.0. The van der Waals surface area contributed by atoms with Crippen molar-refractivity contribution in [2.45, 2.75) is 38.8 Å². The lowest BCUT2D eigenvalue weighted by Gasteiger charge is -2.26. The Hall–Kier alpha value is -1.67. The normalized spacial score (nSPS) is 20.0. The van der Waals surface area contributed by atoms with Gasteiger partial charge in [0.05, 0.1) is 24.2 Å². The average Bonchev–Trinajstić information content (AvgIpc) is 3.23. The third-order valence-corrected chi connectivity index (χ3v) is 6.19. The molecular weight excluding hydrogens is 328 g/mol. The van der Waals surface area contributed by atoms with Gasteiger partial charge in [0.25, 0.3) is 0 Å². The lowest BCUT2D eigenvalue weighted by atomic mass is 10.2. The topological polar surface area (TPSA) is 81.2 Å². The van der Waals surface area contributed by atoms with E-state index in [0.29, 0.717) is 13.0 Å². The molecule has 0 aromatic carbocycles. The minimum atomic E-state index is -2.89. The Morgan fingerprint density at radius 1 is 1.46 bits per heavy atom. The van der Waals surface area contributed by atoms with Gasteiger partial charge in [-0.3, -0.25) is 9.58 Å². The fraction of sp³-hybridized carbons (Fsp3) is 0.625. The van der Waals surface area contributed by atoms with Gasteiger partial charge in [0.1, 0.15) is 5.69 Å². The maximum atomic E-state index is 11.8. The molecule has 132 valence electrons. The van der Waals surface area contributed by atoms with E-state index < -0.39 is 9.84 Å². The van der Waals surface area contributed by atoms with Gasteiger partial charge >= 0.3 is 0 Å². The zero-order chi connectivity index (χ0) is 17.2. The number of aromatic nitrogens is 3. The first-order valence-electron chi connectivity index (χ1n) is 8.36. The molecule has 0 spiro atoms. The molecule has 1 unspecified atom stereocenters. The van der Waals surface area contributed by atoms with E-state index in [1.54, 1.807) is 10.9 Å². The van der Waals surface area contributed by atoms with Crippen molar-refractivity contribution >= 4 is 9.84 Å². The number of hydrogen-bond donors (Lipinski definition) is 0. The second-order valence-corrected chi connectivity index (χ2v) is 8.69. The minimum absolute atomic E-state index is 0.0773. The highest BCUT2D eigenvalue weighted by Crippen LogP contribution is 2.23. The van der Waals surface area contributed by atoms with Crippen LogP contribution in [0.4, 0.5) is 0 Å². The quantitative estimate of drug-likeness (QED) is 0.757. The van der Waals surface area contributed by atoms with E-state index in [2.05, 4.69) is 22.1 Å². The molecule has 0 saturated carbocycles. The van der Waals surface area contributed by atoms with E-state index in [1.165, 1.54) is 0 Å². The van der Waals surface area contributed by atoms with Crippen LogP contribution in [0.15, 0.2) is 23.0 Å². The van der Waals surface area contributed by atoms with E-state index in [-0.39, 0.29) is 17.5 Å². The number of hydrogen-bond acceptors (Lipinski definition) is 6. The number of unbranched alkanes of at least 4 members (excludes halogenated alkanes) is 1. The second kappa shape index (κ2) is 7.06. The Balaban J connectivity index is 1.72. The molecule has 1 atom stereocenters. The predicted octanol–water partition coefficient (Wildman–Crippen LogP) is 1.86. The first-order chi connectivity index (χ1) is 11.5. The maximum absolute atomic E-state index is 11.8. The van der Waals surface area contributed by atoms with Crippen LogP contribution in [0.5, 0.6) is 0 Å². The highest BCUT2D eigenvalue weighted by atomic mass is 32.2. The van der Waals surface area contributed by atoms with Crippen LogP contribution in [0.1, 0.15) is 31.9 Å². The van der Waals surface area contributed by atoms with Crippen molar-refractivity contribution in [3.63, 3.8) is 0 Å². The molecule has 24 heavy (non-hydrogen) atoms. The van der Waals surface area contributed by atoms with E-state index in [9.17, 15) is 8.42 Å². The van der Waals surface area contributed by atoms with Crippen molar-refractivity contribution in [3.8, 4) is 11.3 Å². The summed E-state index contributed by atoms with van der Waals surface area (Å²) in [6, 6.07) is 1.99. The monoisotopic (exact) mass is 352 g/mol.